The molecule has 3 aromatic rings. The Balaban J connectivity index is 1.79. The highest BCUT2D eigenvalue weighted by atomic mass is 19.4. The third-order valence-corrected chi connectivity index (χ3v) is 5.41. The number of amides is 1. The Bertz CT molecular complexity index is 1250. The van der Waals surface area contributed by atoms with E-state index in [-0.39, 0.29) is 29.1 Å². The summed E-state index contributed by atoms with van der Waals surface area (Å²) in [7, 11) is 0. The lowest BCUT2D eigenvalue weighted by Gasteiger charge is -2.35. The van der Waals surface area contributed by atoms with Gasteiger partial charge in [-0.25, -0.2) is 9.37 Å². The highest BCUT2D eigenvalue weighted by Crippen LogP contribution is 2.37. The lowest BCUT2D eigenvalue weighted by Crippen LogP contribution is -2.40. The molecular weight excluding hydrogens is 475 g/mol. The number of nitrogens with zero attached hydrogens (tertiary/aromatic N) is 2. The second kappa shape index (κ2) is 8.15. The molecule has 4 rings (SSSR count). The van der Waals surface area contributed by atoms with Gasteiger partial charge in [-0.05, 0) is 49.6 Å². The molecule has 6 nitrogen and oxygen atoms in total. The molecule has 1 amide bonds. The van der Waals surface area contributed by atoms with Crippen LogP contribution in [0.15, 0.2) is 36.4 Å². The maximum atomic E-state index is 14.4. The number of nitrogens with one attached hydrogen (secondary N) is 1. The van der Waals surface area contributed by atoms with Crippen molar-refractivity contribution in [2.75, 3.05) is 5.32 Å². The number of halogens is 7. The van der Waals surface area contributed by atoms with Gasteiger partial charge in [0.2, 0.25) is 11.9 Å². The minimum Gasteiger partial charge on any atom is -0.403 e. The zero-order valence-electron chi connectivity index (χ0n) is 17.1. The van der Waals surface area contributed by atoms with E-state index in [0.717, 1.165) is 35.3 Å². The largest absolute Gasteiger partial charge is 0.573 e. The van der Waals surface area contributed by atoms with Gasteiger partial charge in [0.15, 0.2) is 11.6 Å². The summed E-state index contributed by atoms with van der Waals surface area (Å²) in [5, 5.41) is 12.6. The van der Waals surface area contributed by atoms with Crippen LogP contribution in [0.5, 0.6) is 5.75 Å². The molecule has 1 heterocycles. The summed E-state index contributed by atoms with van der Waals surface area (Å²) in [5.41, 5.74) is -2.66. The van der Waals surface area contributed by atoms with E-state index >= 15 is 0 Å². The molecule has 0 radical (unpaired) electrons. The second-order valence-corrected chi connectivity index (χ2v) is 7.94. The van der Waals surface area contributed by atoms with E-state index in [1.54, 1.807) is 0 Å². The van der Waals surface area contributed by atoms with Crippen LogP contribution in [0.1, 0.15) is 31.2 Å². The molecule has 0 aliphatic heterocycles. The van der Waals surface area contributed by atoms with Crippen molar-refractivity contribution < 1.29 is 45.4 Å². The van der Waals surface area contributed by atoms with Crippen molar-refractivity contribution >= 4 is 22.9 Å². The van der Waals surface area contributed by atoms with E-state index in [4.69, 9.17) is 0 Å². The molecule has 1 saturated carbocycles. The van der Waals surface area contributed by atoms with Crippen LogP contribution in [0.3, 0.4) is 0 Å². The molecular formula is C21H16F7N3O3. The SMILES string of the molecule is O=C(CC1(O)CCC1)Nc1nc2ccc(C(F)(F)F)cc2n1-c1ccc(OC(F)(F)F)c(F)c1. The number of hydrogen-bond acceptors (Lipinski definition) is 4. The molecule has 0 saturated heterocycles. The van der Waals surface area contributed by atoms with Crippen LogP contribution in [0.4, 0.5) is 36.7 Å². The predicted octanol–water partition coefficient (Wildman–Crippen LogP) is 5.33. The maximum Gasteiger partial charge on any atom is 0.573 e. The van der Waals surface area contributed by atoms with Gasteiger partial charge in [0.1, 0.15) is 0 Å². The average Bonchev–Trinajstić information content (AvgIpc) is 3.03. The quantitative estimate of drug-likeness (QED) is 0.474. The van der Waals surface area contributed by atoms with Crippen molar-refractivity contribution in [1.82, 2.24) is 9.55 Å². The molecule has 1 fully saturated rings. The van der Waals surface area contributed by atoms with E-state index in [2.05, 4.69) is 15.0 Å². The smallest absolute Gasteiger partial charge is 0.403 e. The predicted molar refractivity (Wildman–Crippen MR) is 105 cm³/mol. The Labute approximate surface area is 187 Å². The molecule has 0 atom stereocenters. The van der Waals surface area contributed by atoms with Crippen LogP contribution in [-0.2, 0) is 11.0 Å². The Morgan fingerprint density at radius 2 is 1.82 bits per heavy atom. The first-order chi connectivity index (χ1) is 15.7. The lowest BCUT2D eigenvalue weighted by atomic mass is 9.78. The number of fused-ring (bicyclic) bond motifs is 1. The second-order valence-electron chi connectivity index (χ2n) is 7.94. The number of ether oxygens (including phenoxy) is 1. The molecule has 182 valence electrons. The third-order valence-electron chi connectivity index (χ3n) is 5.41. The van der Waals surface area contributed by atoms with Crippen molar-refractivity contribution in [2.45, 2.75) is 43.8 Å². The van der Waals surface area contributed by atoms with Crippen molar-refractivity contribution in [3.8, 4) is 11.4 Å². The molecule has 1 aromatic heterocycles. The van der Waals surface area contributed by atoms with Gasteiger partial charge in [0.25, 0.3) is 0 Å². The number of aromatic nitrogens is 2. The minimum absolute atomic E-state index is 0.00156. The number of anilines is 1. The normalized spacial score (nSPS) is 15.8. The number of carbonyl (C=O) groups is 1. The van der Waals surface area contributed by atoms with Crippen LogP contribution in [0, 0.1) is 5.82 Å². The third kappa shape index (κ3) is 4.93. The van der Waals surface area contributed by atoms with Crippen LogP contribution in [0.25, 0.3) is 16.7 Å². The van der Waals surface area contributed by atoms with Gasteiger partial charge in [-0.1, -0.05) is 0 Å². The summed E-state index contributed by atoms with van der Waals surface area (Å²) in [4.78, 5) is 16.5. The fraction of sp³-hybridized carbons (Fsp3) is 0.333. The number of alkyl halides is 6. The van der Waals surface area contributed by atoms with Crippen LogP contribution in [-0.4, -0.2) is 32.5 Å². The van der Waals surface area contributed by atoms with E-state index in [9.17, 15) is 40.6 Å². The monoisotopic (exact) mass is 491 g/mol. The minimum atomic E-state index is -5.16. The molecule has 0 unspecified atom stereocenters. The first-order valence-electron chi connectivity index (χ1n) is 9.92. The van der Waals surface area contributed by atoms with Gasteiger partial charge in [0.05, 0.1) is 34.3 Å². The first-order valence-corrected chi connectivity index (χ1v) is 9.92. The topological polar surface area (TPSA) is 76.4 Å². The van der Waals surface area contributed by atoms with Crippen LogP contribution in [0.2, 0.25) is 0 Å². The van der Waals surface area contributed by atoms with Crippen LogP contribution < -0.4 is 10.1 Å². The Morgan fingerprint density at radius 1 is 1.12 bits per heavy atom. The van der Waals surface area contributed by atoms with E-state index < -0.39 is 41.2 Å². The summed E-state index contributed by atoms with van der Waals surface area (Å²) >= 11 is 0. The van der Waals surface area contributed by atoms with E-state index in [0.29, 0.717) is 25.0 Å². The number of hydrogen-bond donors (Lipinski definition) is 2. The van der Waals surface area contributed by atoms with Gasteiger partial charge in [-0.3, -0.25) is 14.7 Å². The standard InChI is InChI=1S/C21H16F7N3O3/c22-13-9-12(3-5-16(13)34-21(26,27)28)31-15-8-11(20(23,24)25)2-4-14(15)29-18(31)30-17(32)10-19(33)6-1-7-19/h2-5,8-9,33H,1,6-7,10H2,(H,29,30,32). The summed E-state index contributed by atoms with van der Waals surface area (Å²) < 4.78 is 96.1. The molecule has 13 heteroatoms. The Hall–Kier alpha value is -3.35. The molecule has 2 aromatic carbocycles. The summed E-state index contributed by atoms with van der Waals surface area (Å²) in [6.07, 6.45) is -8.65. The number of rotatable bonds is 5. The van der Waals surface area contributed by atoms with Crippen molar-refractivity contribution in [3.05, 3.63) is 47.8 Å². The van der Waals surface area contributed by atoms with E-state index in [1.807, 2.05) is 0 Å². The summed E-state index contributed by atoms with van der Waals surface area (Å²) in [6.45, 7) is 0. The fourth-order valence-corrected chi connectivity index (χ4v) is 3.66. The Kier molecular flexibility index (Phi) is 5.70. The maximum absolute atomic E-state index is 14.4. The van der Waals surface area contributed by atoms with E-state index in [1.165, 1.54) is 0 Å². The van der Waals surface area contributed by atoms with Gasteiger partial charge in [-0.15, -0.1) is 13.2 Å². The number of imidazole rings is 1. The van der Waals surface area contributed by atoms with Gasteiger partial charge < -0.3 is 9.84 Å². The zero-order valence-corrected chi connectivity index (χ0v) is 17.1. The molecule has 1 aliphatic carbocycles. The van der Waals surface area contributed by atoms with Gasteiger partial charge in [0, 0.05) is 6.07 Å². The summed E-state index contributed by atoms with van der Waals surface area (Å²) in [5.74, 6) is -3.57. The van der Waals surface area contributed by atoms with Gasteiger partial charge >= 0.3 is 12.5 Å². The molecule has 2 N–H and O–H groups in total. The van der Waals surface area contributed by atoms with Crippen molar-refractivity contribution in [3.63, 3.8) is 0 Å². The highest BCUT2D eigenvalue weighted by molar-refractivity contribution is 5.93. The zero-order chi connectivity index (χ0) is 24.9. The van der Waals surface area contributed by atoms with Crippen molar-refractivity contribution in [1.29, 1.82) is 0 Å². The molecule has 0 bridgehead atoms. The van der Waals surface area contributed by atoms with Gasteiger partial charge in [-0.2, -0.15) is 13.2 Å². The summed E-state index contributed by atoms with van der Waals surface area (Å²) in [6, 6.07) is 4.76. The number of benzene rings is 2. The number of carbonyl (C=O) groups excluding carboxylic acids is 1. The molecule has 34 heavy (non-hydrogen) atoms. The lowest BCUT2D eigenvalue weighted by molar-refractivity contribution is -0.275. The van der Waals surface area contributed by atoms with Crippen molar-refractivity contribution in [2.24, 2.45) is 0 Å². The fourth-order valence-electron chi connectivity index (χ4n) is 3.66. The molecule has 0 spiro atoms. The van der Waals surface area contributed by atoms with Crippen LogP contribution >= 0.6 is 0 Å². The number of aliphatic hydroxyl groups is 1. The molecule has 1 aliphatic rings. The average molecular weight is 491 g/mol. The Morgan fingerprint density at radius 3 is 2.38 bits per heavy atom. The first kappa shape index (κ1) is 23.8. The highest BCUT2D eigenvalue weighted by Gasteiger charge is 2.37.